The Kier molecular flexibility index (Phi) is 11.1. The number of amides is 2. The molecule has 238 valence electrons. The lowest BCUT2D eigenvalue weighted by Gasteiger charge is -2.30. The minimum atomic E-state index is -0.786. The number of unbranched alkanes of at least 4 members (excludes halogenated alkanes) is 2. The number of anilines is 1. The third kappa shape index (κ3) is 7.43. The average Bonchev–Trinajstić information content (AvgIpc) is 3.25. The molecule has 44 heavy (non-hydrogen) atoms. The molecule has 1 fully saturated rings. The molecule has 0 saturated carbocycles. The molecular weight excluding hydrogens is 566 g/mol. The van der Waals surface area contributed by atoms with Gasteiger partial charge in [-0.25, -0.2) is 0 Å². The van der Waals surface area contributed by atoms with Gasteiger partial charge in [0.25, 0.3) is 0 Å². The zero-order chi connectivity index (χ0) is 31.8. The van der Waals surface area contributed by atoms with Crippen LogP contribution in [0.4, 0.5) is 5.69 Å². The smallest absolute Gasteiger partial charge is 0.306 e. The molecule has 3 N–H and O–H groups in total. The number of carboxylic acids is 1. The summed E-state index contributed by atoms with van der Waals surface area (Å²) >= 11 is 0. The van der Waals surface area contributed by atoms with E-state index in [1.54, 1.807) is 38.4 Å². The van der Waals surface area contributed by atoms with Crippen molar-refractivity contribution in [3.8, 4) is 28.4 Å². The first-order valence-corrected chi connectivity index (χ1v) is 15.2. The zero-order valence-corrected chi connectivity index (χ0v) is 26.0. The van der Waals surface area contributed by atoms with Crippen LogP contribution in [0.3, 0.4) is 0 Å². The summed E-state index contributed by atoms with van der Waals surface area (Å²) in [4.78, 5) is 51.0. The molecule has 1 heterocycles. The highest BCUT2D eigenvalue weighted by Gasteiger charge is 2.30. The molecular formula is C33H43N3O8. The maximum Gasteiger partial charge on any atom is 0.306 e. The highest BCUT2D eigenvalue weighted by atomic mass is 16.5. The molecule has 0 bridgehead atoms. The number of ether oxygens (including phenoxy) is 3. The standard InChI is InChI=1S/C33H43N3O8/c1-20(37)35-25-11-9-22-18-28(42-2)31(43-3)32(44-4)30(22)23-10-12-26(27(38)19-24(23)25)34-15-7-5-6-8-29(39)36-16-13-21(14-17-36)33(40)41/h10,12,18-19,21,25H,5-9,11,13-17H2,1-4H3,(H,34,38)(H,35,37)(H,40,41)/t25-/m1/s1. The van der Waals surface area contributed by atoms with Crippen LogP contribution in [0.15, 0.2) is 29.1 Å². The van der Waals surface area contributed by atoms with Crippen molar-refractivity contribution in [2.75, 3.05) is 46.3 Å². The summed E-state index contributed by atoms with van der Waals surface area (Å²) in [5, 5.41) is 15.4. The minimum absolute atomic E-state index is 0.0684. The van der Waals surface area contributed by atoms with Crippen LogP contribution >= 0.6 is 0 Å². The van der Waals surface area contributed by atoms with Crippen LogP contribution in [0.2, 0.25) is 0 Å². The van der Waals surface area contributed by atoms with Gasteiger partial charge in [0.1, 0.15) is 0 Å². The van der Waals surface area contributed by atoms with Crippen LogP contribution < -0.4 is 30.3 Å². The summed E-state index contributed by atoms with van der Waals surface area (Å²) in [5.41, 5.74) is 3.48. The van der Waals surface area contributed by atoms with Crippen molar-refractivity contribution in [3.05, 3.63) is 45.6 Å². The molecule has 1 atom stereocenters. The molecule has 0 aromatic heterocycles. The Morgan fingerprint density at radius 2 is 1.68 bits per heavy atom. The molecule has 0 radical (unpaired) electrons. The quantitative estimate of drug-likeness (QED) is 0.302. The number of nitrogens with zero attached hydrogens (tertiary/aromatic N) is 1. The van der Waals surface area contributed by atoms with Crippen LogP contribution in [-0.4, -0.2) is 68.8 Å². The van der Waals surface area contributed by atoms with Crippen LogP contribution in [0.5, 0.6) is 17.2 Å². The van der Waals surface area contributed by atoms with E-state index in [9.17, 15) is 19.2 Å². The van der Waals surface area contributed by atoms with Crippen molar-refractivity contribution in [2.24, 2.45) is 5.92 Å². The summed E-state index contributed by atoms with van der Waals surface area (Å²) in [5.74, 6) is 0.234. The monoisotopic (exact) mass is 609 g/mol. The number of aliphatic carboxylic acids is 1. The lowest BCUT2D eigenvalue weighted by Crippen LogP contribution is -2.40. The molecule has 1 saturated heterocycles. The highest BCUT2D eigenvalue weighted by Crippen LogP contribution is 2.50. The number of nitrogens with one attached hydrogen (secondary N) is 2. The third-order valence-corrected chi connectivity index (χ3v) is 8.50. The van der Waals surface area contributed by atoms with Crippen molar-refractivity contribution < 1.29 is 33.7 Å². The Morgan fingerprint density at radius 3 is 2.32 bits per heavy atom. The lowest BCUT2D eigenvalue weighted by atomic mass is 9.95. The number of carbonyl (C=O) groups is 3. The van der Waals surface area contributed by atoms with Crippen molar-refractivity contribution in [1.29, 1.82) is 0 Å². The van der Waals surface area contributed by atoms with E-state index in [0.717, 1.165) is 36.0 Å². The number of hydrogen-bond donors (Lipinski definition) is 3. The van der Waals surface area contributed by atoms with E-state index in [1.165, 1.54) is 6.92 Å². The predicted molar refractivity (Wildman–Crippen MR) is 167 cm³/mol. The molecule has 0 unspecified atom stereocenters. The number of likely N-dealkylation sites (tertiary alicyclic amines) is 1. The first-order chi connectivity index (χ1) is 21.2. The molecule has 2 amide bonds. The van der Waals surface area contributed by atoms with E-state index >= 15 is 0 Å². The first-order valence-electron chi connectivity index (χ1n) is 15.2. The van der Waals surface area contributed by atoms with Crippen LogP contribution in [0.1, 0.15) is 69.0 Å². The SMILES string of the molecule is COc1cc2c(c(OC)c1OC)-c1ccc(NCCCCCC(=O)N3CCC(C(=O)O)CC3)c(=O)cc1[C@H](NC(C)=O)CC2. The average molecular weight is 610 g/mol. The largest absolute Gasteiger partial charge is 0.493 e. The van der Waals surface area contributed by atoms with E-state index in [2.05, 4.69) is 10.6 Å². The summed E-state index contributed by atoms with van der Waals surface area (Å²) in [6.07, 6.45) is 4.95. The minimum Gasteiger partial charge on any atom is -0.493 e. The summed E-state index contributed by atoms with van der Waals surface area (Å²) in [6.45, 7) is 3.02. The molecule has 1 aliphatic heterocycles. The van der Waals surface area contributed by atoms with Gasteiger partial charge in [-0.1, -0.05) is 12.5 Å². The Hall–Kier alpha value is -4.28. The molecule has 11 nitrogen and oxygen atoms in total. The van der Waals surface area contributed by atoms with Gasteiger partial charge in [0.2, 0.25) is 23.0 Å². The second kappa shape index (κ2) is 14.9. The number of fused-ring (bicyclic) bond motifs is 3. The maximum atomic E-state index is 13.4. The number of aryl methyl sites for hydroxylation is 1. The number of piperidine rings is 1. The summed E-state index contributed by atoms with van der Waals surface area (Å²) in [7, 11) is 4.69. The van der Waals surface area contributed by atoms with Gasteiger partial charge in [0.15, 0.2) is 11.5 Å². The number of methoxy groups -OCH3 is 3. The van der Waals surface area contributed by atoms with Crippen molar-refractivity contribution >= 4 is 23.5 Å². The van der Waals surface area contributed by atoms with Gasteiger partial charge >= 0.3 is 5.97 Å². The third-order valence-electron chi connectivity index (χ3n) is 8.50. The molecule has 11 heteroatoms. The fourth-order valence-electron chi connectivity index (χ4n) is 6.19. The van der Waals surface area contributed by atoms with Crippen LogP contribution in [-0.2, 0) is 20.8 Å². The van der Waals surface area contributed by atoms with Gasteiger partial charge in [-0.15, -0.1) is 0 Å². The fourth-order valence-corrected chi connectivity index (χ4v) is 6.19. The Labute approximate surface area is 257 Å². The van der Waals surface area contributed by atoms with Crippen molar-refractivity contribution in [3.63, 3.8) is 0 Å². The molecule has 0 spiro atoms. The molecule has 4 rings (SSSR count). The molecule has 2 aromatic rings. The van der Waals surface area contributed by atoms with Gasteiger partial charge < -0.3 is 34.9 Å². The van der Waals surface area contributed by atoms with Crippen molar-refractivity contribution in [1.82, 2.24) is 10.2 Å². The second-order valence-electron chi connectivity index (χ2n) is 11.3. The highest BCUT2D eigenvalue weighted by molar-refractivity contribution is 5.84. The summed E-state index contributed by atoms with van der Waals surface area (Å²) < 4.78 is 17.1. The molecule has 2 aromatic carbocycles. The van der Waals surface area contributed by atoms with Gasteiger partial charge in [-0.05, 0) is 73.4 Å². The zero-order valence-electron chi connectivity index (χ0n) is 26.0. The molecule has 2 aliphatic rings. The Morgan fingerprint density at radius 1 is 0.955 bits per heavy atom. The number of benzene rings is 1. The van der Waals surface area contributed by atoms with E-state index in [0.29, 0.717) is 80.2 Å². The lowest BCUT2D eigenvalue weighted by molar-refractivity contribution is -0.145. The fraction of sp³-hybridized carbons (Fsp3) is 0.515. The van der Waals surface area contributed by atoms with Gasteiger partial charge in [-0.2, -0.15) is 0 Å². The topological polar surface area (TPSA) is 144 Å². The first kappa shape index (κ1) is 32.6. The van der Waals surface area contributed by atoms with E-state index in [1.807, 2.05) is 12.1 Å². The van der Waals surface area contributed by atoms with Crippen LogP contribution in [0, 0.1) is 5.92 Å². The number of hydrogen-bond acceptors (Lipinski definition) is 8. The normalized spacial score (nSPS) is 16.2. The number of rotatable bonds is 12. The number of carbonyl (C=O) groups excluding carboxylic acids is 2. The summed E-state index contributed by atoms with van der Waals surface area (Å²) in [6, 6.07) is 6.79. The van der Waals surface area contributed by atoms with E-state index < -0.39 is 5.97 Å². The molecule has 1 aliphatic carbocycles. The van der Waals surface area contributed by atoms with E-state index in [-0.39, 0.29) is 29.2 Å². The second-order valence-corrected chi connectivity index (χ2v) is 11.3. The maximum absolute atomic E-state index is 13.4. The van der Waals surface area contributed by atoms with Gasteiger partial charge in [0.05, 0.1) is 39.0 Å². The van der Waals surface area contributed by atoms with Gasteiger partial charge in [-0.3, -0.25) is 19.2 Å². The Balaban J connectivity index is 1.48. The number of carboxylic acid groups (broad SMARTS) is 1. The Bertz CT molecular complexity index is 1440. The van der Waals surface area contributed by atoms with Crippen LogP contribution in [0.25, 0.3) is 11.1 Å². The van der Waals surface area contributed by atoms with Crippen molar-refractivity contribution in [2.45, 2.75) is 64.3 Å². The van der Waals surface area contributed by atoms with Gasteiger partial charge in [0, 0.05) is 38.5 Å². The van der Waals surface area contributed by atoms with E-state index in [4.69, 9.17) is 19.3 Å². The predicted octanol–water partition coefficient (Wildman–Crippen LogP) is 4.16.